The van der Waals surface area contributed by atoms with Gasteiger partial charge in [-0.25, -0.2) is 0 Å². The van der Waals surface area contributed by atoms with Crippen LogP contribution in [0.4, 0.5) is 5.69 Å². The van der Waals surface area contributed by atoms with Crippen molar-refractivity contribution >= 4 is 17.4 Å². The first-order chi connectivity index (χ1) is 12.9. The van der Waals surface area contributed by atoms with Crippen LogP contribution in [0.15, 0.2) is 41.3 Å². The Bertz CT molecular complexity index is 777. The highest BCUT2D eigenvalue weighted by molar-refractivity contribution is 7.99. The predicted octanol–water partition coefficient (Wildman–Crippen LogP) is 3.89. The maximum atomic E-state index is 11.1. The maximum Gasteiger partial charge on any atom is 0.118 e. The molecule has 5 heteroatoms. The topological polar surface area (TPSA) is 35.9 Å². The van der Waals surface area contributed by atoms with Crippen molar-refractivity contribution in [2.75, 3.05) is 45.7 Å². The van der Waals surface area contributed by atoms with E-state index in [0.717, 1.165) is 24.4 Å². The minimum atomic E-state index is -0.446. The van der Waals surface area contributed by atoms with E-state index in [2.05, 4.69) is 62.0 Å². The molecule has 1 aliphatic rings. The summed E-state index contributed by atoms with van der Waals surface area (Å²) in [6.07, 6.45) is -0.446. The van der Waals surface area contributed by atoms with Gasteiger partial charge in [0.25, 0.3) is 0 Å². The second-order valence-electron chi connectivity index (χ2n) is 7.53. The largest absolute Gasteiger partial charge is 0.497 e. The summed E-state index contributed by atoms with van der Waals surface area (Å²) in [6, 6.07) is 12.6. The Morgan fingerprint density at radius 2 is 1.81 bits per heavy atom. The van der Waals surface area contributed by atoms with Gasteiger partial charge in [-0.15, -0.1) is 11.8 Å². The van der Waals surface area contributed by atoms with Gasteiger partial charge in [-0.3, -0.25) is 0 Å². The summed E-state index contributed by atoms with van der Waals surface area (Å²) in [4.78, 5) is 5.77. The third kappa shape index (κ3) is 4.60. The lowest BCUT2D eigenvalue weighted by atomic mass is 10.1. The van der Waals surface area contributed by atoms with Gasteiger partial charge in [0.05, 0.1) is 24.2 Å². The molecule has 1 N–H and O–H groups in total. The highest BCUT2D eigenvalue weighted by Crippen LogP contribution is 2.46. The Kier molecular flexibility index (Phi) is 6.35. The molecule has 2 atom stereocenters. The molecule has 0 saturated carbocycles. The van der Waals surface area contributed by atoms with Crippen molar-refractivity contribution < 1.29 is 9.84 Å². The van der Waals surface area contributed by atoms with E-state index in [0.29, 0.717) is 6.54 Å². The second kappa shape index (κ2) is 8.55. The zero-order valence-corrected chi connectivity index (χ0v) is 17.7. The number of anilines is 1. The molecule has 0 fully saturated rings. The van der Waals surface area contributed by atoms with E-state index in [-0.39, 0.29) is 5.25 Å². The van der Waals surface area contributed by atoms with Gasteiger partial charge in [-0.1, -0.05) is 12.1 Å². The number of aliphatic hydroxyl groups is 1. The van der Waals surface area contributed by atoms with Gasteiger partial charge in [-0.2, -0.15) is 0 Å². The number of likely N-dealkylation sites (N-methyl/N-ethyl adjacent to an activating group) is 1. The van der Waals surface area contributed by atoms with Crippen LogP contribution < -0.4 is 9.64 Å². The van der Waals surface area contributed by atoms with Crippen LogP contribution in [0, 0.1) is 13.8 Å². The van der Waals surface area contributed by atoms with Crippen molar-refractivity contribution in [3.8, 4) is 5.75 Å². The summed E-state index contributed by atoms with van der Waals surface area (Å²) in [6.45, 7) is 6.80. The summed E-state index contributed by atoms with van der Waals surface area (Å²) in [5.41, 5.74) is 4.95. The van der Waals surface area contributed by atoms with E-state index < -0.39 is 6.10 Å². The number of thioether (sulfide) groups is 1. The van der Waals surface area contributed by atoms with E-state index in [1.54, 1.807) is 18.9 Å². The van der Waals surface area contributed by atoms with Crippen LogP contribution in [0.1, 0.15) is 21.9 Å². The lowest BCUT2D eigenvalue weighted by molar-refractivity contribution is 0.177. The number of hydrogen-bond acceptors (Lipinski definition) is 5. The molecule has 0 saturated heterocycles. The third-order valence-electron chi connectivity index (χ3n) is 5.19. The van der Waals surface area contributed by atoms with Gasteiger partial charge in [0.15, 0.2) is 0 Å². The predicted molar refractivity (Wildman–Crippen MR) is 114 cm³/mol. The molecule has 0 amide bonds. The molecule has 4 nitrogen and oxygen atoms in total. The van der Waals surface area contributed by atoms with Crippen LogP contribution in [-0.4, -0.2) is 56.9 Å². The summed E-state index contributed by atoms with van der Waals surface area (Å²) >= 11 is 1.77. The van der Waals surface area contributed by atoms with Gasteiger partial charge in [0.2, 0.25) is 0 Å². The van der Waals surface area contributed by atoms with E-state index >= 15 is 0 Å². The minimum absolute atomic E-state index is 0.00104. The number of ether oxygens (including phenoxy) is 1. The fraction of sp³-hybridized carbons (Fsp3) is 0.455. The second-order valence-corrected chi connectivity index (χ2v) is 8.72. The minimum Gasteiger partial charge on any atom is -0.497 e. The Morgan fingerprint density at radius 3 is 2.44 bits per heavy atom. The SMILES string of the molecule is COc1ccc(C2Sc3cc(C)c(C)cc3N(CCN(C)C)CC2O)cc1. The first-order valence-electron chi connectivity index (χ1n) is 9.38. The standard InChI is InChI=1S/C22H30N2O2S/c1-15-12-19-21(13-16(15)2)27-22(17-6-8-18(26-5)9-7-17)20(25)14-24(19)11-10-23(3)4/h6-9,12-13,20,22,25H,10-11,14H2,1-5H3. The van der Waals surface area contributed by atoms with Crippen molar-refractivity contribution in [1.82, 2.24) is 4.90 Å². The highest BCUT2D eigenvalue weighted by Gasteiger charge is 2.30. The van der Waals surface area contributed by atoms with Crippen molar-refractivity contribution in [3.63, 3.8) is 0 Å². The molecule has 1 heterocycles. The first kappa shape index (κ1) is 20.1. The van der Waals surface area contributed by atoms with Gasteiger partial charge in [0, 0.05) is 24.5 Å². The summed E-state index contributed by atoms with van der Waals surface area (Å²) in [7, 11) is 5.85. The average molecular weight is 387 g/mol. The van der Waals surface area contributed by atoms with Crippen molar-refractivity contribution in [3.05, 3.63) is 53.1 Å². The lowest BCUT2D eigenvalue weighted by Gasteiger charge is -2.28. The normalized spacial score (nSPS) is 19.7. The third-order valence-corrected chi connectivity index (χ3v) is 6.61. The summed E-state index contributed by atoms with van der Waals surface area (Å²) in [5.74, 6) is 0.839. The number of fused-ring (bicyclic) bond motifs is 1. The number of methoxy groups -OCH3 is 1. The van der Waals surface area contributed by atoms with E-state index in [1.165, 1.54) is 21.7 Å². The smallest absolute Gasteiger partial charge is 0.118 e. The van der Waals surface area contributed by atoms with Crippen LogP contribution >= 0.6 is 11.8 Å². The molecule has 0 radical (unpaired) electrons. The van der Waals surface area contributed by atoms with Crippen molar-refractivity contribution in [2.45, 2.75) is 30.1 Å². The molecule has 0 bridgehead atoms. The molecule has 2 unspecified atom stereocenters. The van der Waals surface area contributed by atoms with E-state index in [1.807, 2.05) is 12.1 Å². The lowest BCUT2D eigenvalue weighted by Crippen LogP contribution is -2.38. The van der Waals surface area contributed by atoms with Gasteiger partial charge in [0.1, 0.15) is 5.75 Å². The van der Waals surface area contributed by atoms with E-state index in [9.17, 15) is 5.11 Å². The number of nitrogens with zero attached hydrogens (tertiary/aromatic N) is 2. The van der Waals surface area contributed by atoms with Crippen LogP contribution in [0.3, 0.4) is 0 Å². The van der Waals surface area contributed by atoms with Crippen LogP contribution in [0.2, 0.25) is 0 Å². The Balaban J connectivity index is 1.97. The molecule has 0 spiro atoms. The highest BCUT2D eigenvalue weighted by atomic mass is 32.2. The molecule has 27 heavy (non-hydrogen) atoms. The zero-order chi connectivity index (χ0) is 19.6. The number of hydrogen-bond donors (Lipinski definition) is 1. The molecule has 146 valence electrons. The molecule has 2 aromatic rings. The molecular formula is C22H30N2O2S. The Morgan fingerprint density at radius 1 is 1.15 bits per heavy atom. The van der Waals surface area contributed by atoms with Crippen LogP contribution in [0.25, 0.3) is 0 Å². The molecular weight excluding hydrogens is 356 g/mol. The summed E-state index contributed by atoms with van der Waals surface area (Å²) in [5, 5.41) is 11.1. The zero-order valence-electron chi connectivity index (χ0n) is 16.9. The van der Waals surface area contributed by atoms with E-state index in [4.69, 9.17) is 4.74 Å². The number of β-amino-alcohol motifs (C(OH)–C–C–N with tert-alkyl or cyclic N) is 1. The molecule has 0 aromatic heterocycles. The van der Waals surface area contributed by atoms with Gasteiger partial charge < -0.3 is 19.6 Å². The number of rotatable bonds is 5. The molecule has 2 aromatic carbocycles. The quantitative estimate of drug-likeness (QED) is 0.844. The van der Waals surface area contributed by atoms with Crippen LogP contribution in [0.5, 0.6) is 5.75 Å². The van der Waals surface area contributed by atoms with Crippen molar-refractivity contribution in [2.24, 2.45) is 0 Å². The Labute approximate surface area is 167 Å². The maximum absolute atomic E-state index is 11.1. The first-order valence-corrected chi connectivity index (χ1v) is 10.3. The monoisotopic (exact) mass is 386 g/mol. The fourth-order valence-electron chi connectivity index (χ4n) is 3.37. The summed E-state index contributed by atoms with van der Waals surface area (Å²) < 4.78 is 5.28. The van der Waals surface area contributed by atoms with Crippen LogP contribution in [-0.2, 0) is 0 Å². The molecule has 1 aliphatic heterocycles. The Hall–Kier alpha value is -1.69. The van der Waals surface area contributed by atoms with Gasteiger partial charge >= 0.3 is 0 Å². The van der Waals surface area contributed by atoms with Crippen molar-refractivity contribution in [1.29, 1.82) is 0 Å². The number of aryl methyl sites for hydroxylation is 2. The fourth-order valence-corrected chi connectivity index (χ4v) is 4.73. The molecule has 0 aliphatic carbocycles. The number of aliphatic hydroxyl groups excluding tert-OH is 1. The number of benzene rings is 2. The van der Waals surface area contributed by atoms with Gasteiger partial charge in [-0.05, 0) is 68.9 Å². The molecule has 3 rings (SSSR count). The average Bonchev–Trinajstić information content (AvgIpc) is 2.77.